The third kappa shape index (κ3) is 4.07. The first-order valence-electron chi connectivity index (χ1n) is 9.84. The Morgan fingerprint density at radius 3 is 2.50 bits per heavy atom. The number of amides is 2. The number of nitrogens with zero attached hydrogens (tertiary/aromatic N) is 4. The molecule has 1 saturated heterocycles. The molecule has 2 heterocycles. The lowest BCUT2D eigenvalue weighted by Crippen LogP contribution is -2.50. The zero-order chi connectivity index (χ0) is 21.1. The van der Waals surface area contributed by atoms with Crippen molar-refractivity contribution in [3.8, 4) is 11.6 Å². The third-order valence-electron chi connectivity index (χ3n) is 5.19. The Kier molecular flexibility index (Phi) is 5.56. The van der Waals surface area contributed by atoms with Gasteiger partial charge >= 0.3 is 6.03 Å². The molecule has 0 aliphatic carbocycles. The fourth-order valence-corrected chi connectivity index (χ4v) is 3.53. The first-order valence-corrected chi connectivity index (χ1v) is 9.84. The van der Waals surface area contributed by atoms with Crippen LogP contribution in [0.1, 0.15) is 5.56 Å². The zero-order valence-electron chi connectivity index (χ0n) is 17.4. The normalized spacial score (nSPS) is 14.0. The first-order chi connectivity index (χ1) is 14.6. The molecule has 0 bridgehead atoms. The van der Waals surface area contributed by atoms with Gasteiger partial charge in [-0.1, -0.05) is 12.1 Å². The molecule has 30 heavy (non-hydrogen) atoms. The van der Waals surface area contributed by atoms with Crippen molar-refractivity contribution in [2.45, 2.75) is 6.92 Å². The average molecular weight is 407 g/mol. The number of carbonyl (C=O) groups excluding carboxylic acids is 1. The maximum atomic E-state index is 12.8. The molecule has 1 aliphatic heterocycles. The molecule has 8 heteroatoms. The molecule has 0 spiro atoms. The molecule has 3 aromatic rings. The molecular formula is C22H25N5O3. The number of aryl methyl sites for hydroxylation is 1. The second-order valence-electron chi connectivity index (χ2n) is 7.18. The summed E-state index contributed by atoms with van der Waals surface area (Å²) in [6, 6.07) is 13.5. The Morgan fingerprint density at radius 2 is 1.77 bits per heavy atom. The molecule has 0 atom stereocenters. The van der Waals surface area contributed by atoms with Crippen LogP contribution in [-0.4, -0.2) is 61.3 Å². The lowest BCUT2D eigenvalue weighted by Gasteiger charge is -2.36. The number of urea groups is 1. The average Bonchev–Trinajstić information content (AvgIpc) is 2.78. The van der Waals surface area contributed by atoms with Crippen LogP contribution in [0.3, 0.4) is 0 Å². The van der Waals surface area contributed by atoms with E-state index in [1.807, 2.05) is 43.3 Å². The Bertz CT molecular complexity index is 1060. The van der Waals surface area contributed by atoms with E-state index in [0.717, 1.165) is 35.6 Å². The summed E-state index contributed by atoms with van der Waals surface area (Å²) in [5.41, 5.74) is 3.61. The highest BCUT2D eigenvalue weighted by molar-refractivity contribution is 5.91. The van der Waals surface area contributed by atoms with E-state index in [4.69, 9.17) is 9.47 Å². The van der Waals surface area contributed by atoms with Crippen LogP contribution in [0, 0.1) is 6.92 Å². The van der Waals surface area contributed by atoms with Crippen LogP contribution in [0.2, 0.25) is 0 Å². The lowest BCUT2D eigenvalue weighted by atomic mass is 10.2. The van der Waals surface area contributed by atoms with Gasteiger partial charge in [0.1, 0.15) is 5.75 Å². The van der Waals surface area contributed by atoms with E-state index in [1.54, 1.807) is 12.0 Å². The van der Waals surface area contributed by atoms with Gasteiger partial charge in [-0.15, -0.1) is 0 Å². The molecule has 4 rings (SSSR count). The molecule has 8 nitrogen and oxygen atoms in total. The van der Waals surface area contributed by atoms with Gasteiger partial charge in [-0.05, 0) is 36.8 Å². The molecule has 1 fully saturated rings. The second-order valence-corrected chi connectivity index (χ2v) is 7.18. The highest BCUT2D eigenvalue weighted by Crippen LogP contribution is 2.25. The molecule has 1 aromatic heterocycles. The van der Waals surface area contributed by atoms with Crippen molar-refractivity contribution >= 4 is 28.6 Å². The number of ether oxygens (including phenoxy) is 2. The quantitative estimate of drug-likeness (QED) is 0.715. The molecule has 0 saturated carbocycles. The Labute approximate surface area is 175 Å². The summed E-state index contributed by atoms with van der Waals surface area (Å²) in [4.78, 5) is 25.9. The Morgan fingerprint density at radius 1 is 0.967 bits per heavy atom. The van der Waals surface area contributed by atoms with Gasteiger partial charge in [0.05, 0.1) is 25.3 Å². The summed E-state index contributed by atoms with van der Waals surface area (Å²) < 4.78 is 10.6. The fourth-order valence-electron chi connectivity index (χ4n) is 3.53. The van der Waals surface area contributed by atoms with Crippen molar-refractivity contribution in [3.05, 3.63) is 48.0 Å². The van der Waals surface area contributed by atoms with E-state index in [2.05, 4.69) is 26.3 Å². The standard InChI is InChI=1S/C22H25N5O3/c1-15-7-8-18-19(13-15)23-20(21(24-18)30-3)25-22(28)27-11-9-26(10-12-27)16-5-4-6-17(14-16)29-2/h4-8,13-14H,9-12H2,1-3H3,(H,23,25,28). The highest BCUT2D eigenvalue weighted by Gasteiger charge is 2.23. The summed E-state index contributed by atoms with van der Waals surface area (Å²) >= 11 is 0. The van der Waals surface area contributed by atoms with Crippen LogP contribution < -0.4 is 19.7 Å². The van der Waals surface area contributed by atoms with E-state index in [9.17, 15) is 4.79 Å². The van der Waals surface area contributed by atoms with Crippen molar-refractivity contribution in [3.63, 3.8) is 0 Å². The number of benzene rings is 2. The molecular weight excluding hydrogens is 382 g/mol. The maximum Gasteiger partial charge on any atom is 0.323 e. The van der Waals surface area contributed by atoms with Crippen molar-refractivity contribution in [2.75, 3.05) is 50.6 Å². The van der Waals surface area contributed by atoms with Crippen LogP contribution in [-0.2, 0) is 0 Å². The molecule has 0 radical (unpaired) electrons. The predicted molar refractivity (Wildman–Crippen MR) is 117 cm³/mol. The minimum absolute atomic E-state index is 0.208. The largest absolute Gasteiger partial charge is 0.497 e. The summed E-state index contributed by atoms with van der Waals surface area (Å²) in [6.07, 6.45) is 0. The smallest absolute Gasteiger partial charge is 0.323 e. The van der Waals surface area contributed by atoms with Gasteiger partial charge in [-0.2, -0.15) is 0 Å². The topological polar surface area (TPSA) is 79.8 Å². The summed E-state index contributed by atoms with van der Waals surface area (Å²) in [5, 5.41) is 2.87. The molecule has 1 N–H and O–H groups in total. The number of rotatable bonds is 4. The third-order valence-corrected chi connectivity index (χ3v) is 5.19. The van der Waals surface area contributed by atoms with Gasteiger partial charge in [0.25, 0.3) is 5.88 Å². The molecule has 2 amide bonds. The summed E-state index contributed by atoms with van der Waals surface area (Å²) in [7, 11) is 3.18. The van der Waals surface area contributed by atoms with Crippen molar-refractivity contribution in [1.82, 2.24) is 14.9 Å². The molecule has 2 aromatic carbocycles. The first kappa shape index (κ1) is 19.8. The number of hydrogen-bond donors (Lipinski definition) is 1. The number of carbonyl (C=O) groups is 1. The number of piperazine rings is 1. The summed E-state index contributed by atoms with van der Waals surface area (Å²) in [6.45, 7) is 4.67. The Balaban J connectivity index is 1.44. The number of aromatic nitrogens is 2. The lowest BCUT2D eigenvalue weighted by molar-refractivity contribution is 0.208. The van der Waals surface area contributed by atoms with E-state index in [-0.39, 0.29) is 6.03 Å². The van der Waals surface area contributed by atoms with Gasteiger partial charge in [0.2, 0.25) is 0 Å². The van der Waals surface area contributed by atoms with Gasteiger partial charge in [-0.3, -0.25) is 5.32 Å². The molecule has 1 aliphatic rings. The van der Waals surface area contributed by atoms with Crippen molar-refractivity contribution < 1.29 is 14.3 Å². The SMILES string of the molecule is COc1cccc(N2CCN(C(=O)Nc3nc4cc(C)ccc4nc3OC)CC2)c1. The van der Waals surface area contributed by atoms with Crippen LogP contribution in [0.4, 0.5) is 16.3 Å². The monoisotopic (exact) mass is 407 g/mol. The zero-order valence-corrected chi connectivity index (χ0v) is 17.4. The van der Waals surface area contributed by atoms with Gasteiger partial charge in [0, 0.05) is 37.9 Å². The van der Waals surface area contributed by atoms with E-state index >= 15 is 0 Å². The summed E-state index contributed by atoms with van der Waals surface area (Å²) in [5.74, 6) is 1.45. The van der Waals surface area contributed by atoms with Crippen LogP contribution in [0.15, 0.2) is 42.5 Å². The van der Waals surface area contributed by atoms with E-state index in [0.29, 0.717) is 30.3 Å². The van der Waals surface area contributed by atoms with Crippen molar-refractivity contribution in [1.29, 1.82) is 0 Å². The number of hydrogen-bond acceptors (Lipinski definition) is 6. The van der Waals surface area contributed by atoms with Gasteiger partial charge in [0.15, 0.2) is 5.82 Å². The predicted octanol–water partition coefficient (Wildman–Crippen LogP) is 3.31. The molecule has 0 unspecified atom stereocenters. The van der Waals surface area contributed by atoms with Crippen molar-refractivity contribution in [2.24, 2.45) is 0 Å². The van der Waals surface area contributed by atoms with Crippen LogP contribution >= 0.6 is 0 Å². The number of methoxy groups -OCH3 is 2. The number of nitrogens with one attached hydrogen (secondary N) is 1. The maximum absolute atomic E-state index is 12.8. The van der Waals surface area contributed by atoms with E-state index < -0.39 is 0 Å². The number of fused-ring (bicyclic) bond motifs is 1. The minimum atomic E-state index is -0.208. The van der Waals surface area contributed by atoms with Gasteiger partial charge < -0.3 is 19.3 Å². The highest BCUT2D eigenvalue weighted by atomic mass is 16.5. The minimum Gasteiger partial charge on any atom is -0.497 e. The number of anilines is 2. The Hall–Kier alpha value is -3.55. The fraction of sp³-hybridized carbons (Fsp3) is 0.318. The van der Waals surface area contributed by atoms with Gasteiger partial charge in [-0.25, -0.2) is 14.8 Å². The second kappa shape index (κ2) is 8.44. The van der Waals surface area contributed by atoms with Crippen LogP contribution in [0.5, 0.6) is 11.6 Å². The van der Waals surface area contributed by atoms with E-state index in [1.165, 1.54) is 7.11 Å². The molecule has 156 valence electrons. The van der Waals surface area contributed by atoms with Crippen LogP contribution in [0.25, 0.3) is 11.0 Å².